The predicted octanol–water partition coefficient (Wildman–Crippen LogP) is 0.940. The summed E-state index contributed by atoms with van der Waals surface area (Å²) in [7, 11) is 1.49. The highest BCUT2D eigenvalue weighted by Crippen LogP contribution is 2.27. The lowest BCUT2D eigenvalue weighted by Gasteiger charge is -2.14. The summed E-state index contributed by atoms with van der Waals surface area (Å²) in [6.07, 6.45) is 1.34. The summed E-state index contributed by atoms with van der Waals surface area (Å²) in [5, 5.41) is 15.3. The van der Waals surface area contributed by atoms with Crippen LogP contribution in [0.2, 0.25) is 0 Å². The summed E-state index contributed by atoms with van der Waals surface area (Å²) in [6.45, 7) is 1.65. The van der Waals surface area contributed by atoms with Crippen molar-refractivity contribution < 1.29 is 9.53 Å². The molecular weight excluding hydrogens is 272 g/mol. The number of nitrogen functional groups attached to an aromatic ring is 1. The molecule has 2 rings (SSSR count). The minimum Gasteiger partial charge on any atom is -0.494 e. The fraction of sp³-hybridized carbons (Fsp3) is 0.231. The van der Waals surface area contributed by atoms with Crippen molar-refractivity contribution in [2.24, 2.45) is 0 Å². The first kappa shape index (κ1) is 14.3. The van der Waals surface area contributed by atoms with Crippen molar-refractivity contribution >= 4 is 17.3 Å². The van der Waals surface area contributed by atoms with Crippen LogP contribution in [0, 0.1) is 11.3 Å². The molecule has 108 valence electrons. The van der Waals surface area contributed by atoms with Crippen LogP contribution < -0.4 is 15.8 Å². The highest BCUT2D eigenvalue weighted by atomic mass is 16.5. The van der Waals surface area contributed by atoms with Crippen LogP contribution in [0.1, 0.15) is 18.8 Å². The third-order valence-electron chi connectivity index (χ3n) is 2.87. The number of carbonyl (C=O) groups is 1. The Morgan fingerprint density at radius 1 is 1.57 bits per heavy atom. The monoisotopic (exact) mass is 286 g/mol. The molecule has 0 aliphatic rings. The third kappa shape index (κ3) is 3.09. The molecule has 0 aliphatic carbocycles. The molecule has 0 radical (unpaired) electrons. The van der Waals surface area contributed by atoms with Gasteiger partial charge in [0.05, 0.1) is 12.8 Å². The zero-order valence-electron chi connectivity index (χ0n) is 11.6. The lowest BCUT2D eigenvalue weighted by atomic mass is 10.2. The van der Waals surface area contributed by atoms with E-state index in [-0.39, 0.29) is 11.7 Å². The number of nitriles is 1. The van der Waals surface area contributed by atoms with Gasteiger partial charge in [-0.15, -0.1) is 5.10 Å². The van der Waals surface area contributed by atoms with Crippen LogP contribution in [-0.4, -0.2) is 27.8 Å². The molecule has 1 atom stereocenters. The SMILES string of the molecule is COc1cc(N)ccc1NC(=O)C(C)n1cnc(C#N)n1. The summed E-state index contributed by atoms with van der Waals surface area (Å²) in [6, 6.07) is 6.11. The van der Waals surface area contributed by atoms with E-state index in [1.54, 1.807) is 31.2 Å². The van der Waals surface area contributed by atoms with Gasteiger partial charge in [0.15, 0.2) is 0 Å². The van der Waals surface area contributed by atoms with E-state index in [2.05, 4.69) is 15.4 Å². The number of nitrogens with zero attached hydrogens (tertiary/aromatic N) is 4. The third-order valence-corrected chi connectivity index (χ3v) is 2.87. The smallest absolute Gasteiger partial charge is 0.252 e. The van der Waals surface area contributed by atoms with Crippen molar-refractivity contribution in [2.45, 2.75) is 13.0 Å². The molecule has 1 aromatic heterocycles. The van der Waals surface area contributed by atoms with Gasteiger partial charge < -0.3 is 15.8 Å². The summed E-state index contributed by atoms with van der Waals surface area (Å²) in [5.41, 5.74) is 6.70. The second-order valence-electron chi connectivity index (χ2n) is 4.28. The Morgan fingerprint density at radius 2 is 2.33 bits per heavy atom. The average Bonchev–Trinajstić information content (AvgIpc) is 2.97. The second-order valence-corrected chi connectivity index (χ2v) is 4.28. The highest BCUT2D eigenvalue weighted by molar-refractivity contribution is 5.95. The lowest BCUT2D eigenvalue weighted by molar-refractivity contribution is -0.119. The normalized spacial score (nSPS) is 11.5. The topological polar surface area (TPSA) is 119 Å². The maximum Gasteiger partial charge on any atom is 0.252 e. The molecule has 0 aliphatic heterocycles. The Morgan fingerprint density at radius 3 is 2.95 bits per heavy atom. The first-order valence-corrected chi connectivity index (χ1v) is 6.10. The Bertz CT molecular complexity index is 703. The Balaban J connectivity index is 2.16. The molecule has 21 heavy (non-hydrogen) atoms. The van der Waals surface area contributed by atoms with Gasteiger partial charge in [0, 0.05) is 11.8 Å². The zero-order valence-corrected chi connectivity index (χ0v) is 11.6. The summed E-state index contributed by atoms with van der Waals surface area (Å²) in [4.78, 5) is 16.0. The molecular formula is C13H14N6O2. The van der Waals surface area contributed by atoms with Crippen molar-refractivity contribution in [2.75, 3.05) is 18.2 Å². The van der Waals surface area contributed by atoms with Crippen molar-refractivity contribution in [3.63, 3.8) is 0 Å². The molecule has 1 amide bonds. The number of anilines is 2. The van der Waals surface area contributed by atoms with E-state index in [0.717, 1.165) is 0 Å². The summed E-state index contributed by atoms with van der Waals surface area (Å²) < 4.78 is 6.48. The van der Waals surface area contributed by atoms with Gasteiger partial charge in [-0.1, -0.05) is 0 Å². The Hall–Kier alpha value is -3.08. The number of ether oxygens (including phenoxy) is 1. The molecule has 0 fully saturated rings. The molecule has 8 nitrogen and oxygen atoms in total. The number of hydrogen-bond acceptors (Lipinski definition) is 6. The molecule has 0 bridgehead atoms. The minimum absolute atomic E-state index is 0.0136. The van der Waals surface area contributed by atoms with Crippen LogP contribution in [0.15, 0.2) is 24.5 Å². The summed E-state index contributed by atoms with van der Waals surface area (Å²) in [5.74, 6) is 0.166. The number of methoxy groups -OCH3 is 1. The first-order valence-electron chi connectivity index (χ1n) is 6.10. The van der Waals surface area contributed by atoms with Crippen molar-refractivity contribution in [3.05, 3.63) is 30.4 Å². The number of aromatic nitrogens is 3. The second kappa shape index (κ2) is 5.92. The molecule has 8 heteroatoms. The number of hydrogen-bond donors (Lipinski definition) is 2. The fourth-order valence-electron chi connectivity index (χ4n) is 1.68. The number of nitrogens with one attached hydrogen (secondary N) is 1. The van der Waals surface area contributed by atoms with Gasteiger partial charge in [0.1, 0.15) is 24.2 Å². The zero-order chi connectivity index (χ0) is 15.4. The molecule has 0 spiro atoms. The van der Waals surface area contributed by atoms with E-state index in [0.29, 0.717) is 17.1 Å². The largest absolute Gasteiger partial charge is 0.494 e. The van der Waals surface area contributed by atoms with Gasteiger partial charge in [-0.05, 0) is 19.1 Å². The highest BCUT2D eigenvalue weighted by Gasteiger charge is 2.18. The number of carbonyl (C=O) groups excluding carboxylic acids is 1. The average molecular weight is 286 g/mol. The molecule has 2 aromatic rings. The quantitative estimate of drug-likeness (QED) is 0.807. The number of nitrogens with two attached hydrogens (primary N) is 1. The van der Waals surface area contributed by atoms with E-state index < -0.39 is 6.04 Å². The van der Waals surface area contributed by atoms with Crippen LogP contribution in [-0.2, 0) is 4.79 Å². The van der Waals surface area contributed by atoms with Gasteiger partial charge in [0.25, 0.3) is 5.82 Å². The molecule has 1 unspecified atom stereocenters. The maximum atomic E-state index is 12.2. The minimum atomic E-state index is -0.623. The molecule has 1 aromatic carbocycles. The van der Waals surface area contributed by atoms with Gasteiger partial charge in [-0.25, -0.2) is 9.67 Å². The van der Waals surface area contributed by atoms with Crippen LogP contribution in [0.4, 0.5) is 11.4 Å². The van der Waals surface area contributed by atoms with Crippen LogP contribution >= 0.6 is 0 Å². The number of benzene rings is 1. The van der Waals surface area contributed by atoms with E-state index in [1.807, 2.05) is 0 Å². The number of rotatable bonds is 4. The van der Waals surface area contributed by atoms with E-state index in [4.69, 9.17) is 15.7 Å². The fourth-order valence-corrected chi connectivity index (χ4v) is 1.68. The van der Waals surface area contributed by atoms with Gasteiger partial charge in [-0.3, -0.25) is 4.79 Å². The van der Waals surface area contributed by atoms with Crippen LogP contribution in [0.25, 0.3) is 0 Å². The van der Waals surface area contributed by atoms with Crippen LogP contribution in [0.5, 0.6) is 5.75 Å². The summed E-state index contributed by atoms with van der Waals surface area (Å²) >= 11 is 0. The Kier molecular flexibility index (Phi) is 4.04. The molecule has 0 saturated carbocycles. The molecule has 0 saturated heterocycles. The van der Waals surface area contributed by atoms with Gasteiger partial charge in [-0.2, -0.15) is 5.26 Å². The van der Waals surface area contributed by atoms with Crippen molar-refractivity contribution in [1.82, 2.24) is 14.8 Å². The number of amides is 1. The predicted molar refractivity (Wildman–Crippen MR) is 75.5 cm³/mol. The van der Waals surface area contributed by atoms with Crippen molar-refractivity contribution in [3.8, 4) is 11.8 Å². The molecule has 3 N–H and O–H groups in total. The van der Waals surface area contributed by atoms with Gasteiger partial charge >= 0.3 is 0 Å². The van der Waals surface area contributed by atoms with Crippen LogP contribution in [0.3, 0.4) is 0 Å². The Labute approximate surface area is 121 Å². The lowest BCUT2D eigenvalue weighted by Crippen LogP contribution is -2.24. The van der Waals surface area contributed by atoms with E-state index in [1.165, 1.54) is 18.1 Å². The molecule has 1 heterocycles. The standard InChI is InChI=1S/C13H14N6O2/c1-8(19-7-16-12(6-14)18-19)13(20)17-10-4-3-9(15)5-11(10)21-2/h3-5,7-8H,15H2,1-2H3,(H,17,20). The van der Waals surface area contributed by atoms with E-state index in [9.17, 15) is 4.79 Å². The van der Waals surface area contributed by atoms with E-state index >= 15 is 0 Å². The van der Waals surface area contributed by atoms with Gasteiger partial charge in [0.2, 0.25) is 5.91 Å². The first-order chi connectivity index (χ1) is 10.0. The maximum absolute atomic E-state index is 12.2. The van der Waals surface area contributed by atoms with Crippen molar-refractivity contribution in [1.29, 1.82) is 5.26 Å².